The lowest BCUT2D eigenvalue weighted by atomic mass is 10.1. The molecule has 1 N–H and O–H groups in total. The molecule has 26 heavy (non-hydrogen) atoms. The lowest BCUT2D eigenvalue weighted by Gasteiger charge is -2.13. The molecule has 7 nitrogen and oxygen atoms in total. The van der Waals surface area contributed by atoms with Gasteiger partial charge in [0, 0.05) is 25.7 Å². The molecular weight excluding hydrogens is 334 g/mol. The summed E-state index contributed by atoms with van der Waals surface area (Å²) in [5, 5.41) is 2.80. The van der Waals surface area contributed by atoms with Crippen molar-refractivity contribution < 1.29 is 19.1 Å². The van der Waals surface area contributed by atoms with Gasteiger partial charge in [0.15, 0.2) is 0 Å². The largest absolute Gasteiger partial charge is 0.496 e. The third-order valence-corrected chi connectivity index (χ3v) is 4.20. The molecule has 0 unspecified atom stereocenters. The van der Waals surface area contributed by atoms with Crippen molar-refractivity contribution in [3.63, 3.8) is 0 Å². The molecule has 0 atom stereocenters. The first-order valence-electron chi connectivity index (χ1n) is 8.31. The maximum atomic E-state index is 12.2. The first kappa shape index (κ1) is 17.6. The van der Waals surface area contributed by atoms with E-state index >= 15 is 0 Å². The van der Waals surface area contributed by atoms with Gasteiger partial charge in [0.2, 0.25) is 5.91 Å². The van der Waals surface area contributed by atoms with E-state index in [0.29, 0.717) is 13.0 Å². The number of ether oxygens (including phenoxy) is 1. The van der Waals surface area contributed by atoms with E-state index in [4.69, 9.17) is 4.74 Å². The second-order valence-corrected chi connectivity index (χ2v) is 5.82. The van der Waals surface area contributed by atoms with Gasteiger partial charge < -0.3 is 10.1 Å². The van der Waals surface area contributed by atoms with Crippen LogP contribution in [0.25, 0.3) is 0 Å². The maximum absolute atomic E-state index is 12.2. The number of nitrogens with zero attached hydrogens (tertiary/aromatic N) is 2. The number of imide groups is 1. The summed E-state index contributed by atoms with van der Waals surface area (Å²) in [4.78, 5) is 41.4. The molecule has 3 amide bonds. The molecule has 134 valence electrons. The smallest absolute Gasteiger partial charge is 0.280 e. The van der Waals surface area contributed by atoms with Crippen molar-refractivity contribution in [2.24, 2.45) is 0 Å². The fourth-order valence-corrected chi connectivity index (χ4v) is 2.86. The summed E-state index contributed by atoms with van der Waals surface area (Å²) in [5.41, 5.74) is 1.44. The van der Waals surface area contributed by atoms with Crippen molar-refractivity contribution >= 4 is 17.7 Å². The highest BCUT2D eigenvalue weighted by Crippen LogP contribution is 2.20. The Hall–Kier alpha value is -3.22. The minimum absolute atomic E-state index is 0.0362. The number of pyridine rings is 1. The Balaban J connectivity index is 1.48. The van der Waals surface area contributed by atoms with Crippen LogP contribution in [-0.2, 0) is 11.2 Å². The Morgan fingerprint density at radius 2 is 1.96 bits per heavy atom. The molecule has 1 aromatic carbocycles. The predicted molar refractivity (Wildman–Crippen MR) is 93.9 cm³/mol. The molecule has 2 aromatic rings. The average Bonchev–Trinajstić information content (AvgIpc) is 2.91. The maximum Gasteiger partial charge on any atom is 0.280 e. The summed E-state index contributed by atoms with van der Waals surface area (Å²) in [6, 6.07) is 10.8. The number of carbonyl (C=O) groups excluding carboxylic acids is 3. The van der Waals surface area contributed by atoms with Crippen LogP contribution >= 0.6 is 0 Å². The van der Waals surface area contributed by atoms with E-state index in [0.717, 1.165) is 16.2 Å². The first-order valence-corrected chi connectivity index (χ1v) is 8.31. The van der Waals surface area contributed by atoms with Crippen molar-refractivity contribution in [3.05, 3.63) is 59.4 Å². The quantitative estimate of drug-likeness (QED) is 0.761. The van der Waals surface area contributed by atoms with Gasteiger partial charge in [-0.1, -0.05) is 18.2 Å². The van der Waals surface area contributed by atoms with Crippen LogP contribution in [0.2, 0.25) is 0 Å². The van der Waals surface area contributed by atoms with E-state index < -0.39 is 11.8 Å². The first-order chi connectivity index (χ1) is 12.6. The zero-order valence-electron chi connectivity index (χ0n) is 14.4. The van der Waals surface area contributed by atoms with Gasteiger partial charge in [-0.15, -0.1) is 0 Å². The lowest BCUT2D eigenvalue weighted by molar-refractivity contribution is -0.121. The average molecular weight is 353 g/mol. The zero-order chi connectivity index (χ0) is 18.5. The summed E-state index contributed by atoms with van der Waals surface area (Å²) in [5.74, 6) is -0.294. The zero-order valence-corrected chi connectivity index (χ0v) is 14.4. The number of carbonyl (C=O) groups is 3. The number of rotatable bonds is 7. The van der Waals surface area contributed by atoms with Crippen LogP contribution in [-0.4, -0.2) is 47.8 Å². The van der Waals surface area contributed by atoms with Crippen LogP contribution < -0.4 is 10.1 Å². The van der Waals surface area contributed by atoms with Gasteiger partial charge in [-0.25, -0.2) is 0 Å². The normalized spacial score (nSPS) is 12.9. The van der Waals surface area contributed by atoms with Crippen molar-refractivity contribution in [3.8, 4) is 5.75 Å². The molecule has 3 rings (SSSR count). The molecule has 0 spiro atoms. The lowest BCUT2D eigenvalue weighted by Crippen LogP contribution is -2.35. The fourth-order valence-electron chi connectivity index (χ4n) is 2.86. The molecule has 1 aromatic heterocycles. The molecule has 0 saturated heterocycles. The van der Waals surface area contributed by atoms with Crippen molar-refractivity contribution in [1.82, 2.24) is 15.2 Å². The molecule has 0 fully saturated rings. The highest BCUT2D eigenvalue weighted by molar-refractivity contribution is 6.20. The number of amides is 3. The number of aromatic nitrogens is 1. The summed E-state index contributed by atoms with van der Waals surface area (Å²) >= 11 is 0. The Kier molecular flexibility index (Phi) is 5.26. The van der Waals surface area contributed by atoms with E-state index in [9.17, 15) is 14.4 Å². The van der Waals surface area contributed by atoms with Crippen LogP contribution in [0.1, 0.15) is 32.8 Å². The molecule has 1 aliphatic heterocycles. The number of hydrogen-bond acceptors (Lipinski definition) is 5. The Bertz CT molecular complexity index is 815. The van der Waals surface area contributed by atoms with Crippen LogP contribution in [0, 0.1) is 0 Å². The van der Waals surface area contributed by atoms with Gasteiger partial charge in [-0.3, -0.25) is 24.3 Å². The van der Waals surface area contributed by atoms with E-state index in [-0.39, 0.29) is 30.1 Å². The molecule has 0 bridgehead atoms. The van der Waals surface area contributed by atoms with Gasteiger partial charge in [0.25, 0.3) is 11.8 Å². The van der Waals surface area contributed by atoms with Gasteiger partial charge >= 0.3 is 0 Å². The van der Waals surface area contributed by atoms with Crippen LogP contribution in [0.4, 0.5) is 0 Å². The Morgan fingerprint density at radius 3 is 2.73 bits per heavy atom. The van der Waals surface area contributed by atoms with E-state index in [1.54, 1.807) is 19.2 Å². The molecule has 7 heteroatoms. The Morgan fingerprint density at radius 1 is 1.15 bits per heavy atom. The molecule has 0 aliphatic carbocycles. The number of benzene rings is 1. The highest BCUT2D eigenvalue weighted by Gasteiger charge is 2.36. The van der Waals surface area contributed by atoms with E-state index in [1.807, 2.05) is 24.3 Å². The van der Waals surface area contributed by atoms with Gasteiger partial charge in [-0.2, -0.15) is 0 Å². The second-order valence-electron chi connectivity index (χ2n) is 5.82. The minimum Gasteiger partial charge on any atom is -0.496 e. The van der Waals surface area contributed by atoms with Crippen LogP contribution in [0.5, 0.6) is 5.75 Å². The monoisotopic (exact) mass is 353 g/mol. The highest BCUT2D eigenvalue weighted by atomic mass is 16.5. The number of hydrogen-bond donors (Lipinski definition) is 1. The van der Waals surface area contributed by atoms with Crippen LogP contribution in [0.15, 0.2) is 42.6 Å². The number of para-hydroxylation sites is 1. The molecule has 0 saturated carbocycles. The van der Waals surface area contributed by atoms with Gasteiger partial charge in [-0.05, 0) is 30.2 Å². The van der Waals surface area contributed by atoms with Crippen LogP contribution in [0.3, 0.4) is 0 Å². The molecule has 0 radical (unpaired) electrons. The topological polar surface area (TPSA) is 88.6 Å². The van der Waals surface area contributed by atoms with Crippen molar-refractivity contribution in [1.29, 1.82) is 0 Å². The van der Waals surface area contributed by atoms with Gasteiger partial charge in [0.1, 0.15) is 11.4 Å². The summed E-state index contributed by atoms with van der Waals surface area (Å²) in [6.45, 7) is 0.484. The Labute approximate surface area is 151 Å². The molecule has 2 heterocycles. The van der Waals surface area contributed by atoms with E-state index in [2.05, 4.69) is 10.3 Å². The third-order valence-electron chi connectivity index (χ3n) is 4.20. The number of fused-ring (bicyclic) bond motifs is 1. The van der Waals surface area contributed by atoms with Crippen molar-refractivity contribution in [2.75, 3.05) is 20.2 Å². The standard InChI is InChI=1S/C19H19N3O4/c1-26-15-7-3-2-5-13(15)8-11-20-16(23)9-12-22-18(24)14-6-4-10-21-17(14)19(22)25/h2-7,10H,8-9,11-12H2,1H3,(H,20,23). The predicted octanol–water partition coefficient (Wildman–Crippen LogP) is 1.44. The summed E-state index contributed by atoms with van der Waals surface area (Å²) < 4.78 is 5.27. The fraction of sp³-hybridized carbons (Fsp3) is 0.263. The van der Waals surface area contributed by atoms with Crippen molar-refractivity contribution in [2.45, 2.75) is 12.8 Å². The summed E-state index contributed by atoms with van der Waals surface area (Å²) in [6.07, 6.45) is 2.15. The second kappa shape index (κ2) is 7.77. The van der Waals surface area contributed by atoms with E-state index in [1.165, 1.54) is 6.20 Å². The molecular formula is C19H19N3O4. The summed E-state index contributed by atoms with van der Waals surface area (Å²) in [7, 11) is 1.61. The number of methoxy groups -OCH3 is 1. The van der Waals surface area contributed by atoms with Gasteiger partial charge in [0.05, 0.1) is 12.7 Å². The number of nitrogens with one attached hydrogen (secondary N) is 1. The molecule has 1 aliphatic rings. The SMILES string of the molecule is COc1ccccc1CCNC(=O)CCN1C(=O)c2cccnc2C1=O. The third kappa shape index (κ3) is 3.56. The minimum atomic E-state index is -0.451.